The molecule has 2 aromatic rings. The third-order valence-corrected chi connectivity index (χ3v) is 4.07. The normalized spacial score (nSPS) is 15.0. The van der Waals surface area contributed by atoms with Gasteiger partial charge in [-0.15, -0.1) is 0 Å². The molecule has 1 fully saturated rings. The number of aromatic nitrogens is 1. The number of hydrogen-bond acceptors (Lipinski definition) is 3. The topological polar surface area (TPSA) is 28.2 Å². The standard InChI is InChI=1S/C18H23N3/c1-15-5-8-17(14-19-15)20-13-16-6-9-18(10-7-16)21-11-3-2-4-12-21/h5-10,14,20H,2-4,11-13H2,1H3. The van der Waals surface area contributed by atoms with E-state index in [2.05, 4.69) is 45.5 Å². The van der Waals surface area contributed by atoms with Gasteiger partial charge in [-0.25, -0.2) is 0 Å². The van der Waals surface area contributed by atoms with E-state index in [1.807, 2.05) is 19.2 Å². The predicted molar refractivity (Wildman–Crippen MR) is 88.8 cm³/mol. The minimum atomic E-state index is 0.838. The Balaban J connectivity index is 1.57. The lowest BCUT2D eigenvalue weighted by Crippen LogP contribution is -2.29. The second-order valence-corrected chi connectivity index (χ2v) is 5.76. The molecule has 2 heterocycles. The number of aryl methyl sites for hydroxylation is 1. The maximum atomic E-state index is 4.30. The van der Waals surface area contributed by atoms with Gasteiger partial charge >= 0.3 is 0 Å². The number of rotatable bonds is 4. The van der Waals surface area contributed by atoms with Gasteiger partial charge in [-0.05, 0) is 56.0 Å². The van der Waals surface area contributed by atoms with Gasteiger partial charge in [-0.1, -0.05) is 12.1 Å². The van der Waals surface area contributed by atoms with Crippen molar-refractivity contribution in [3.8, 4) is 0 Å². The SMILES string of the molecule is Cc1ccc(NCc2ccc(N3CCCCC3)cc2)cn1. The fourth-order valence-electron chi connectivity index (χ4n) is 2.75. The molecule has 0 saturated carbocycles. The van der Waals surface area contributed by atoms with Crippen molar-refractivity contribution in [1.29, 1.82) is 0 Å². The molecule has 1 aromatic carbocycles. The summed E-state index contributed by atoms with van der Waals surface area (Å²) in [6, 6.07) is 13.0. The molecule has 1 saturated heterocycles. The summed E-state index contributed by atoms with van der Waals surface area (Å²) >= 11 is 0. The van der Waals surface area contributed by atoms with E-state index in [1.165, 1.54) is 43.6 Å². The summed E-state index contributed by atoms with van der Waals surface area (Å²) in [5, 5.41) is 3.41. The first-order valence-corrected chi connectivity index (χ1v) is 7.82. The van der Waals surface area contributed by atoms with Crippen molar-refractivity contribution in [1.82, 2.24) is 4.98 Å². The Labute approximate surface area is 127 Å². The molecule has 0 amide bonds. The Kier molecular flexibility index (Phi) is 4.39. The van der Waals surface area contributed by atoms with Crippen LogP contribution in [0.2, 0.25) is 0 Å². The summed E-state index contributed by atoms with van der Waals surface area (Å²) in [6.45, 7) is 5.24. The van der Waals surface area contributed by atoms with Gasteiger partial charge in [0, 0.05) is 31.0 Å². The van der Waals surface area contributed by atoms with Crippen molar-refractivity contribution in [2.24, 2.45) is 0 Å². The van der Waals surface area contributed by atoms with Gasteiger partial charge in [0.1, 0.15) is 0 Å². The molecule has 1 aliphatic heterocycles. The predicted octanol–water partition coefficient (Wildman–Crippen LogP) is 3.99. The van der Waals surface area contributed by atoms with E-state index < -0.39 is 0 Å². The summed E-state index contributed by atoms with van der Waals surface area (Å²) < 4.78 is 0. The lowest BCUT2D eigenvalue weighted by molar-refractivity contribution is 0.578. The number of benzene rings is 1. The first-order valence-electron chi connectivity index (χ1n) is 7.82. The highest BCUT2D eigenvalue weighted by atomic mass is 15.1. The van der Waals surface area contributed by atoms with Crippen LogP contribution < -0.4 is 10.2 Å². The van der Waals surface area contributed by atoms with Crippen LogP contribution in [0.25, 0.3) is 0 Å². The maximum Gasteiger partial charge on any atom is 0.0529 e. The number of nitrogens with zero attached hydrogens (tertiary/aromatic N) is 2. The van der Waals surface area contributed by atoms with E-state index in [-0.39, 0.29) is 0 Å². The lowest BCUT2D eigenvalue weighted by atomic mass is 10.1. The highest BCUT2D eigenvalue weighted by Gasteiger charge is 2.10. The van der Waals surface area contributed by atoms with Gasteiger partial charge in [0.25, 0.3) is 0 Å². The van der Waals surface area contributed by atoms with Crippen LogP contribution in [0.4, 0.5) is 11.4 Å². The van der Waals surface area contributed by atoms with Crippen LogP contribution in [-0.4, -0.2) is 18.1 Å². The third kappa shape index (κ3) is 3.75. The highest BCUT2D eigenvalue weighted by molar-refractivity contribution is 5.49. The molecule has 0 atom stereocenters. The van der Waals surface area contributed by atoms with Crippen LogP contribution in [0.1, 0.15) is 30.5 Å². The molecule has 0 aliphatic carbocycles. The van der Waals surface area contributed by atoms with Crippen LogP contribution in [-0.2, 0) is 6.54 Å². The molecule has 21 heavy (non-hydrogen) atoms. The van der Waals surface area contributed by atoms with Crippen molar-refractivity contribution in [3.63, 3.8) is 0 Å². The molecule has 0 unspecified atom stereocenters. The summed E-state index contributed by atoms with van der Waals surface area (Å²) in [5.74, 6) is 0. The molecular formula is C18H23N3. The fraction of sp³-hybridized carbons (Fsp3) is 0.389. The maximum absolute atomic E-state index is 4.30. The first kappa shape index (κ1) is 13.9. The molecule has 1 aliphatic rings. The minimum Gasteiger partial charge on any atom is -0.380 e. The van der Waals surface area contributed by atoms with E-state index in [0.717, 1.165) is 17.9 Å². The van der Waals surface area contributed by atoms with E-state index in [0.29, 0.717) is 0 Å². The number of pyridine rings is 1. The Bertz CT molecular complexity index is 554. The Morgan fingerprint density at radius 1 is 1.00 bits per heavy atom. The molecule has 0 radical (unpaired) electrons. The summed E-state index contributed by atoms with van der Waals surface area (Å²) in [4.78, 5) is 6.79. The van der Waals surface area contributed by atoms with Crippen LogP contribution in [0, 0.1) is 6.92 Å². The Morgan fingerprint density at radius 3 is 2.43 bits per heavy atom. The third-order valence-electron chi connectivity index (χ3n) is 4.07. The Morgan fingerprint density at radius 2 is 1.76 bits per heavy atom. The van der Waals surface area contributed by atoms with Crippen LogP contribution >= 0.6 is 0 Å². The van der Waals surface area contributed by atoms with E-state index in [9.17, 15) is 0 Å². The van der Waals surface area contributed by atoms with Gasteiger partial charge in [-0.2, -0.15) is 0 Å². The van der Waals surface area contributed by atoms with Crippen molar-refractivity contribution in [3.05, 3.63) is 53.9 Å². The average molecular weight is 281 g/mol. The zero-order valence-electron chi connectivity index (χ0n) is 12.7. The second kappa shape index (κ2) is 6.61. The van der Waals surface area contributed by atoms with Crippen molar-refractivity contribution < 1.29 is 0 Å². The van der Waals surface area contributed by atoms with Crippen LogP contribution in [0.15, 0.2) is 42.6 Å². The smallest absolute Gasteiger partial charge is 0.0529 e. The Hall–Kier alpha value is -2.03. The van der Waals surface area contributed by atoms with E-state index in [1.54, 1.807) is 0 Å². The summed E-state index contributed by atoms with van der Waals surface area (Å²) in [6.07, 6.45) is 5.91. The molecular weight excluding hydrogens is 258 g/mol. The highest BCUT2D eigenvalue weighted by Crippen LogP contribution is 2.20. The van der Waals surface area contributed by atoms with Gasteiger partial charge in [0.05, 0.1) is 11.9 Å². The quantitative estimate of drug-likeness (QED) is 0.918. The molecule has 3 nitrogen and oxygen atoms in total. The van der Waals surface area contributed by atoms with Crippen LogP contribution in [0.3, 0.4) is 0 Å². The number of nitrogens with one attached hydrogen (secondary N) is 1. The zero-order chi connectivity index (χ0) is 14.5. The largest absolute Gasteiger partial charge is 0.380 e. The molecule has 3 rings (SSSR count). The molecule has 0 spiro atoms. The average Bonchev–Trinajstić information content (AvgIpc) is 2.56. The number of piperidine rings is 1. The van der Waals surface area contributed by atoms with Gasteiger partial charge < -0.3 is 10.2 Å². The van der Waals surface area contributed by atoms with Gasteiger partial charge in [0.15, 0.2) is 0 Å². The van der Waals surface area contributed by atoms with Crippen molar-refractivity contribution in [2.75, 3.05) is 23.3 Å². The first-order chi connectivity index (χ1) is 10.3. The van der Waals surface area contributed by atoms with Gasteiger partial charge in [-0.3, -0.25) is 4.98 Å². The molecule has 0 bridgehead atoms. The molecule has 110 valence electrons. The lowest BCUT2D eigenvalue weighted by Gasteiger charge is -2.28. The molecule has 1 aromatic heterocycles. The minimum absolute atomic E-state index is 0.838. The number of hydrogen-bond donors (Lipinski definition) is 1. The van der Waals surface area contributed by atoms with E-state index in [4.69, 9.17) is 0 Å². The number of anilines is 2. The molecule has 1 N–H and O–H groups in total. The monoisotopic (exact) mass is 281 g/mol. The van der Waals surface area contributed by atoms with Crippen molar-refractivity contribution in [2.45, 2.75) is 32.7 Å². The zero-order valence-corrected chi connectivity index (χ0v) is 12.7. The fourth-order valence-corrected chi connectivity index (χ4v) is 2.75. The summed E-state index contributed by atoms with van der Waals surface area (Å²) in [5.41, 5.74) is 4.78. The van der Waals surface area contributed by atoms with Crippen LogP contribution in [0.5, 0.6) is 0 Å². The molecule has 3 heteroatoms. The van der Waals surface area contributed by atoms with Crippen molar-refractivity contribution >= 4 is 11.4 Å². The second-order valence-electron chi connectivity index (χ2n) is 5.76. The van der Waals surface area contributed by atoms with Gasteiger partial charge in [0.2, 0.25) is 0 Å². The van der Waals surface area contributed by atoms with E-state index >= 15 is 0 Å². The summed E-state index contributed by atoms with van der Waals surface area (Å²) in [7, 11) is 0.